The summed E-state index contributed by atoms with van der Waals surface area (Å²) in [7, 11) is 0. The van der Waals surface area contributed by atoms with Gasteiger partial charge in [0.15, 0.2) is 11.2 Å². The van der Waals surface area contributed by atoms with Crippen LogP contribution in [-0.2, 0) is 0 Å². The Morgan fingerprint density at radius 3 is 2.54 bits per heavy atom. The van der Waals surface area contributed by atoms with E-state index >= 15 is 0 Å². The van der Waals surface area contributed by atoms with Gasteiger partial charge in [0.2, 0.25) is 0 Å². The Bertz CT molecular complexity index is 926. The van der Waals surface area contributed by atoms with Crippen LogP contribution in [0, 0.1) is 6.92 Å². The molecule has 1 aromatic heterocycles. The highest BCUT2D eigenvalue weighted by molar-refractivity contribution is 5.93. The van der Waals surface area contributed by atoms with Gasteiger partial charge < -0.3 is 9.73 Å². The van der Waals surface area contributed by atoms with E-state index in [4.69, 9.17) is 4.42 Å². The van der Waals surface area contributed by atoms with E-state index in [1.807, 2.05) is 38.1 Å². The third-order valence-corrected chi connectivity index (χ3v) is 4.05. The van der Waals surface area contributed by atoms with Crippen LogP contribution in [0.15, 0.2) is 63.8 Å². The van der Waals surface area contributed by atoms with Crippen molar-refractivity contribution in [2.24, 2.45) is 0 Å². The molecule has 0 saturated heterocycles. The predicted octanol–water partition coefficient (Wildman–Crippen LogP) is 3.98. The summed E-state index contributed by atoms with van der Waals surface area (Å²) in [5.74, 6) is -0.352. The van der Waals surface area contributed by atoms with Crippen LogP contribution in [0.5, 0.6) is 0 Å². The molecular formula is C20H19NO3. The zero-order valence-electron chi connectivity index (χ0n) is 13.7. The van der Waals surface area contributed by atoms with E-state index in [9.17, 15) is 9.59 Å². The molecule has 0 bridgehead atoms. The van der Waals surface area contributed by atoms with Crippen molar-refractivity contribution in [2.75, 3.05) is 0 Å². The molecule has 2 aromatic carbocycles. The van der Waals surface area contributed by atoms with Gasteiger partial charge in [-0.1, -0.05) is 48.9 Å². The van der Waals surface area contributed by atoms with Gasteiger partial charge in [-0.3, -0.25) is 9.59 Å². The lowest BCUT2D eigenvalue weighted by molar-refractivity contribution is 0.0908. The molecule has 0 aliphatic carbocycles. The molecule has 3 rings (SSSR count). The molecule has 1 N–H and O–H groups in total. The van der Waals surface area contributed by atoms with Gasteiger partial charge in [0.05, 0.1) is 11.4 Å². The van der Waals surface area contributed by atoms with Gasteiger partial charge in [-0.25, -0.2) is 0 Å². The van der Waals surface area contributed by atoms with Crippen LogP contribution in [0.2, 0.25) is 0 Å². The van der Waals surface area contributed by atoms with E-state index in [0.717, 1.165) is 12.0 Å². The van der Waals surface area contributed by atoms with Gasteiger partial charge in [0.1, 0.15) is 5.58 Å². The van der Waals surface area contributed by atoms with Gasteiger partial charge in [0.25, 0.3) is 5.91 Å². The van der Waals surface area contributed by atoms with E-state index in [1.165, 1.54) is 11.6 Å². The van der Waals surface area contributed by atoms with Gasteiger partial charge in [-0.15, -0.1) is 0 Å². The van der Waals surface area contributed by atoms with Crippen LogP contribution in [0.1, 0.15) is 41.1 Å². The fourth-order valence-corrected chi connectivity index (χ4v) is 2.67. The number of amides is 1. The van der Waals surface area contributed by atoms with Crippen molar-refractivity contribution in [3.63, 3.8) is 0 Å². The van der Waals surface area contributed by atoms with Gasteiger partial charge in [-0.2, -0.15) is 0 Å². The fraction of sp³-hybridized carbons (Fsp3) is 0.200. The van der Waals surface area contributed by atoms with Crippen molar-refractivity contribution in [1.29, 1.82) is 0 Å². The Morgan fingerprint density at radius 2 is 1.83 bits per heavy atom. The van der Waals surface area contributed by atoms with Crippen LogP contribution >= 0.6 is 0 Å². The molecule has 0 aliphatic rings. The molecule has 0 spiro atoms. The summed E-state index contributed by atoms with van der Waals surface area (Å²) in [5, 5.41) is 3.41. The minimum absolute atomic E-state index is 0.0317. The Morgan fingerprint density at radius 1 is 1.12 bits per heavy atom. The van der Waals surface area contributed by atoms with Crippen molar-refractivity contribution >= 4 is 16.9 Å². The van der Waals surface area contributed by atoms with Gasteiger partial charge in [0, 0.05) is 6.07 Å². The van der Waals surface area contributed by atoms with E-state index in [2.05, 4.69) is 5.32 Å². The average Bonchev–Trinajstić information content (AvgIpc) is 2.60. The zero-order valence-corrected chi connectivity index (χ0v) is 13.7. The monoisotopic (exact) mass is 321 g/mol. The minimum Gasteiger partial charge on any atom is -0.451 e. The quantitative estimate of drug-likeness (QED) is 0.790. The first-order chi connectivity index (χ1) is 11.6. The Hall–Kier alpha value is -2.88. The second-order valence-electron chi connectivity index (χ2n) is 5.82. The molecule has 1 amide bonds. The summed E-state index contributed by atoms with van der Waals surface area (Å²) < 4.78 is 5.59. The van der Waals surface area contributed by atoms with E-state index in [1.54, 1.807) is 24.3 Å². The summed E-state index contributed by atoms with van der Waals surface area (Å²) in [6, 6.07) is 16.1. The topological polar surface area (TPSA) is 59.3 Å². The lowest BCUT2D eigenvalue weighted by atomic mass is 10.0. The first kappa shape index (κ1) is 16.0. The molecule has 4 nitrogen and oxygen atoms in total. The Balaban J connectivity index is 1.88. The molecule has 1 atom stereocenters. The first-order valence-corrected chi connectivity index (χ1v) is 7.99. The minimum atomic E-state index is -0.384. The number of benzene rings is 2. The number of rotatable bonds is 4. The van der Waals surface area contributed by atoms with Crippen LogP contribution in [0.25, 0.3) is 11.0 Å². The Labute approximate surface area is 140 Å². The zero-order chi connectivity index (χ0) is 17.1. The average molecular weight is 321 g/mol. The lowest BCUT2D eigenvalue weighted by Crippen LogP contribution is -2.28. The van der Waals surface area contributed by atoms with E-state index in [-0.39, 0.29) is 23.1 Å². The highest BCUT2D eigenvalue weighted by Gasteiger charge is 2.17. The molecule has 24 heavy (non-hydrogen) atoms. The normalized spacial score (nSPS) is 12.1. The maximum Gasteiger partial charge on any atom is 0.287 e. The number of hydrogen-bond donors (Lipinski definition) is 1. The summed E-state index contributed by atoms with van der Waals surface area (Å²) in [5.41, 5.74) is 2.39. The smallest absolute Gasteiger partial charge is 0.287 e. The predicted molar refractivity (Wildman–Crippen MR) is 94.2 cm³/mol. The maximum absolute atomic E-state index is 12.5. The van der Waals surface area contributed by atoms with Gasteiger partial charge >= 0.3 is 0 Å². The van der Waals surface area contributed by atoms with Crippen molar-refractivity contribution in [2.45, 2.75) is 26.3 Å². The van der Waals surface area contributed by atoms with Crippen molar-refractivity contribution < 1.29 is 9.21 Å². The Kier molecular flexibility index (Phi) is 4.47. The third-order valence-electron chi connectivity index (χ3n) is 4.05. The summed E-state index contributed by atoms with van der Waals surface area (Å²) in [6.07, 6.45) is 0.743. The van der Waals surface area contributed by atoms with E-state index in [0.29, 0.717) is 11.0 Å². The number of aryl methyl sites for hydroxylation is 1. The third kappa shape index (κ3) is 3.23. The van der Waals surface area contributed by atoms with Crippen molar-refractivity contribution in [3.8, 4) is 0 Å². The lowest BCUT2D eigenvalue weighted by Gasteiger charge is -2.17. The number of carbonyl (C=O) groups excluding carboxylic acids is 1. The van der Waals surface area contributed by atoms with E-state index < -0.39 is 0 Å². The fourth-order valence-electron chi connectivity index (χ4n) is 2.67. The van der Waals surface area contributed by atoms with Crippen molar-refractivity contribution in [3.05, 3.63) is 81.7 Å². The SMILES string of the molecule is CCC(NC(=O)c1cc(=O)c2ccccc2o1)c1ccc(C)cc1. The molecule has 122 valence electrons. The number of para-hydroxylation sites is 1. The maximum atomic E-state index is 12.5. The van der Waals surface area contributed by atoms with Crippen LogP contribution < -0.4 is 10.7 Å². The van der Waals surface area contributed by atoms with Crippen LogP contribution in [0.3, 0.4) is 0 Å². The largest absolute Gasteiger partial charge is 0.451 e. The van der Waals surface area contributed by atoms with Gasteiger partial charge in [-0.05, 0) is 31.0 Å². The number of nitrogens with one attached hydrogen (secondary N) is 1. The molecule has 4 heteroatoms. The second-order valence-corrected chi connectivity index (χ2v) is 5.82. The highest BCUT2D eigenvalue weighted by atomic mass is 16.3. The van der Waals surface area contributed by atoms with Crippen LogP contribution in [-0.4, -0.2) is 5.91 Å². The molecule has 1 heterocycles. The molecule has 0 saturated carbocycles. The molecule has 3 aromatic rings. The number of fused-ring (bicyclic) bond motifs is 1. The molecule has 1 unspecified atom stereocenters. The first-order valence-electron chi connectivity index (χ1n) is 7.99. The molecule has 0 aliphatic heterocycles. The molecule has 0 fully saturated rings. The summed E-state index contributed by atoms with van der Waals surface area (Å²) in [6.45, 7) is 4.02. The summed E-state index contributed by atoms with van der Waals surface area (Å²) >= 11 is 0. The molecule has 0 radical (unpaired) electrons. The number of carbonyl (C=O) groups is 1. The summed E-state index contributed by atoms with van der Waals surface area (Å²) in [4.78, 5) is 24.6. The standard InChI is InChI=1S/C20H19NO3/c1-3-16(14-10-8-13(2)9-11-14)21-20(23)19-12-17(22)15-6-4-5-7-18(15)24-19/h4-12,16H,3H2,1-2H3,(H,21,23). The number of hydrogen-bond acceptors (Lipinski definition) is 3. The second kappa shape index (κ2) is 6.71. The molecular weight excluding hydrogens is 302 g/mol. The van der Waals surface area contributed by atoms with Crippen LogP contribution in [0.4, 0.5) is 0 Å². The highest BCUT2D eigenvalue weighted by Crippen LogP contribution is 2.18. The van der Waals surface area contributed by atoms with Crippen molar-refractivity contribution in [1.82, 2.24) is 5.32 Å².